The maximum atomic E-state index is 6.80. The van der Waals surface area contributed by atoms with Crippen LogP contribution in [-0.4, -0.2) is 9.55 Å². The maximum absolute atomic E-state index is 6.80. The lowest BCUT2D eigenvalue weighted by molar-refractivity contribution is 0.620. The molecular formula is C55H35N3O. The van der Waals surface area contributed by atoms with Gasteiger partial charge in [0, 0.05) is 38.8 Å². The molecule has 0 amide bonds. The van der Waals surface area contributed by atoms with Crippen LogP contribution in [-0.2, 0) is 0 Å². The van der Waals surface area contributed by atoms with Gasteiger partial charge in [-0.05, 0) is 111 Å². The molecule has 0 aliphatic rings. The zero-order valence-corrected chi connectivity index (χ0v) is 32.0. The molecule has 59 heavy (non-hydrogen) atoms. The summed E-state index contributed by atoms with van der Waals surface area (Å²) in [4.78, 5) is 7.37. The molecule has 4 heteroatoms. The first-order valence-corrected chi connectivity index (χ1v) is 20.0. The molecule has 0 atom stereocenters. The number of benzene rings is 10. The highest BCUT2D eigenvalue weighted by Gasteiger charge is 2.22. The highest BCUT2D eigenvalue weighted by molar-refractivity contribution is 6.19. The van der Waals surface area contributed by atoms with E-state index in [0.717, 1.165) is 55.9 Å². The molecule has 0 aliphatic carbocycles. The summed E-state index contributed by atoms with van der Waals surface area (Å²) in [5, 5.41) is 9.61. The largest absolute Gasteiger partial charge is 0.434 e. The predicted molar refractivity (Wildman–Crippen MR) is 246 cm³/mol. The minimum absolute atomic E-state index is 0.595. The fraction of sp³-hybridized carbons (Fsp3) is 0. The third kappa shape index (κ3) is 5.49. The Kier molecular flexibility index (Phi) is 7.50. The molecule has 0 saturated carbocycles. The molecule has 0 fully saturated rings. The Hall–Kier alpha value is -7.95. The molecule has 0 N–H and O–H groups in total. The smallest absolute Gasteiger partial charge is 0.227 e. The van der Waals surface area contributed by atoms with Crippen LogP contribution in [0.2, 0.25) is 0 Å². The van der Waals surface area contributed by atoms with Crippen molar-refractivity contribution < 1.29 is 4.42 Å². The molecular weight excluding hydrogens is 719 g/mol. The molecule has 4 nitrogen and oxygen atoms in total. The van der Waals surface area contributed by atoms with Gasteiger partial charge in [0.25, 0.3) is 0 Å². The van der Waals surface area contributed by atoms with E-state index < -0.39 is 0 Å². The number of aromatic nitrogens is 2. The maximum Gasteiger partial charge on any atom is 0.227 e. The number of rotatable bonds is 6. The van der Waals surface area contributed by atoms with Crippen molar-refractivity contribution in [2.24, 2.45) is 0 Å². The van der Waals surface area contributed by atoms with Gasteiger partial charge in [-0.15, -0.1) is 0 Å². The van der Waals surface area contributed by atoms with Gasteiger partial charge in [-0.2, -0.15) is 0 Å². The summed E-state index contributed by atoms with van der Waals surface area (Å²) < 4.78 is 9.21. The van der Waals surface area contributed by atoms with Crippen LogP contribution in [0.25, 0.3) is 93.5 Å². The molecule has 2 heterocycles. The molecule has 0 bridgehead atoms. The molecule has 12 aromatic rings. The molecule has 0 radical (unpaired) electrons. The highest BCUT2D eigenvalue weighted by atomic mass is 16.3. The Labute approximate surface area is 340 Å². The Morgan fingerprint density at radius 2 is 1.03 bits per heavy atom. The van der Waals surface area contributed by atoms with Gasteiger partial charge in [-0.1, -0.05) is 140 Å². The number of oxazole rings is 1. The van der Waals surface area contributed by atoms with Crippen LogP contribution >= 0.6 is 0 Å². The molecule has 0 saturated heterocycles. The third-order valence-electron chi connectivity index (χ3n) is 11.7. The quantitative estimate of drug-likeness (QED) is 0.170. The highest BCUT2D eigenvalue weighted by Crippen LogP contribution is 2.44. The van der Waals surface area contributed by atoms with Crippen molar-refractivity contribution in [3.05, 3.63) is 212 Å². The van der Waals surface area contributed by atoms with Gasteiger partial charge >= 0.3 is 0 Å². The summed E-state index contributed by atoms with van der Waals surface area (Å²) in [6.45, 7) is 0. The van der Waals surface area contributed by atoms with Crippen LogP contribution in [0.15, 0.2) is 217 Å². The summed E-state index contributed by atoms with van der Waals surface area (Å²) in [5.74, 6) is 0.595. The predicted octanol–water partition coefficient (Wildman–Crippen LogP) is 15.2. The second-order valence-corrected chi connectivity index (χ2v) is 15.2. The van der Waals surface area contributed by atoms with Gasteiger partial charge in [-0.3, -0.25) is 0 Å². The van der Waals surface area contributed by atoms with Crippen molar-refractivity contribution in [3.8, 4) is 28.3 Å². The van der Waals surface area contributed by atoms with Gasteiger partial charge in [0.1, 0.15) is 5.52 Å². The second kappa shape index (κ2) is 13.3. The average molecular weight is 754 g/mol. The van der Waals surface area contributed by atoms with E-state index >= 15 is 0 Å². The summed E-state index contributed by atoms with van der Waals surface area (Å²) >= 11 is 0. The van der Waals surface area contributed by atoms with Crippen LogP contribution in [0.3, 0.4) is 0 Å². The molecule has 12 rings (SSSR count). The van der Waals surface area contributed by atoms with Crippen molar-refractivity contribution in [3.63, 3.8) is 0 Å². The second-order valence-electron chi connectivity index (χ2n) is 15.2. The zero-order chi connectivity index (χ0) is 38.9. The van der Waals surface area contributed by atoms with Gasteiger partial charge in [0.15, 0.2) is 5.58 Å². The van der Waals surface area contributed by atoms with Gasteiger partial charge in [0.2, 0.25) is 5.89 Å². The van der Waals surface area contributed by atoms with Crippen LogP contribution in [0.5, 0.6) is 0 Å². The third-order valence-corrected chi connectivity index (χ3v) is 11.7. The SMILES string of the molecule is c1ccc(-n2c3ccc(N(c4ccc(-c5ccc6ccccc6c5)cc4)c4cccc5nc(-c6ccc7ccccc7c6)oc45)cc3c3ccc4ccccc4c32)cc1. The zero-order valence-electron chi connectivity index (χ0n) is 32.0. The van der Waals surface area contributed by atoms with E-state index in [0.29, 0.717) is 5.89 Å². The van der Waals surface area contributed by atoms with E-state index in [1.165, 1.54) is 48.8 Å². The van der Waals surface area contributed by atoms with Crippen molar-refractivity contribution in [1.29, 1.82) is 0 Å². The van der Waals surface area contributed by atoms with Crippen molar-refractivity contribution in [2.75, 3.05) is 4.90 Å². The normalized spacial score (nSPS) is 11.7. The van der Waals surface area contributed by atoms with Gasteiger partial charge in [-0.25, -0.2) is 4.98 Å². The lowest BCUT2D eigenvalue weighted by atomic mass is 10.0. The Morgan fingerprint density at radius 1 is 0.407 bits per heavy atom. The average Bonchev–Trinajstić information content (AvgIpc) is 3.90. The van der Waals surface area contributed by atoms with Crippen LogP contribution in [0.4, 0.5) is 17.1 Å². The Bertz CT molecular complexity index is 3560. The standard InChI is InChI=1S/C55H35N3O/c1-2-16-44(17-3-1)58-51-32-30-46(35-49(51)48-31-27-39-13-8-9-18-47(39)53(48)58)57(45-28-25-38(26-29-45)42-23-21-36-11-4-6-14-40(36)33-42)52-20-10-19-50-54(52)59-55(56-50)43-24-22-37-12-5-7-15-41(37)34-43/h1-35H. The van der Waals surface area contributed by atoms with E-state index in [2.05, 4.69) is 216 Å². The minimum Gasteiger partial charge on any atom is -0.434 e. The summed E-state index contributed by atoms with van der Waals surface area (Å²) in [6, 6.07) is 75.8. The van der Waals surface area contributed by atoms with E-state index in [-0.39, 0.29) is 0 Å². The number of hydrogen-bond acceptors (Lipinski definition) is 3. The Morgan fingerprint density at radius 3 is 1.81 bits per heavy atom. The molecule has 276 valence electrons. The number of hydrogen-bond donors (Lipinski definition) is 0. The summed E-state index contributed by atoms with van der Waals surface area (Å²) in [6.07, 6.45) is 0. The van der Waals surface area contributed by atoms with E-state index in [4.69, 9.17) is 9.40 Å². The van der Waals surface area contributed by atoms with Crippen LogP contribution < -0.4 is 4.90 Å². The molecule has 10 aromatic carbocycles. The Balaban J connectivity index is 1.07. The topological polar surface area (TPSA) is 34.2 Å². The lowest BCUT2D eigenvalue weighted by Crippen LogP contribution is -2.10. The van der Waals surface area contributed by atoms with E-state index in [1.807, 2.05) is 6.07 Å². The van der Waals surface area contributed by atoms with Crippen molar-refractivity contribution in [2.45, 2.75) is 0 Å². The number of nitrogens with zero attached hydrogens (tertiary/aromatic N) is 3. The van der Waals surface area contributed by atoms with E-state index in [9.17, 15) is 0 Å². The first-order valence-electron chi connectivity index (χ1n) is 20.0. The molecule has 0 unspecified atom stereocenters. The minimum atomic E-state index is 0.595. The number of anilines is 3. The first kappa shape index (κ1) is 33.2. The molecule has 0 aliphatic heterocycles. The summed E-state index contributed by atoms with van der Waals surface area (Å²) in [5.41, 5.74) is 11.2. The summed E-state index contributed by atoms with van der Waals surface area (Å²) in [7, 11) is 0. The fourth-order valence-corrected chi connectivity index (χ4v) is 8.91. The van der Waals surface area contributed by atoms with Crippen LogP contribution in [0.1, 0.15) is 0 Å². The molecule has 2 aromatic heterocycles. The molecule has 0 spiro atoms. The first-order chi connectivity index (χ1) is 29.2. The number of para-hydroxylation sites is 2. The van der Waals surface area contributed by atoms with Gasteiger partial charge in [0.05, 0.1) is 16.7 Å². The van der Waals surface area contributed by atoms with Gasteiger partial charge < -0.3 is 13.9 Å². The monoisotopic (exact) mass is 753 g/mol. The van der Waals surface area contributed by atoms with Crippen molar-refractivity contribution in [1.82, 2.24) is 9.55 Å². The van der Waals surface area contributed by atoms with Crippen molar-refractivity contribution >= 4 is 82.3 Å². The number of fused-ring (bicyclic) bond motifs is 8. The fourth-order valence-electron chi connectivity index (χ4n) is 8.91. The van der Waals surface area contributed by atoms with E-state index in [1.54, 1.807) is 0 Å². The van der Waals surface area contributed by atoms with Crippen LogP contribution in [0, 0.1) is 0 Å². The lowest BCUT2D eigenvalue weighted by Gasteiger charge is -2.26.